The van der Waals surface area contributed by atoms with Crippen molar-refractivity contribution in [2.45, 2.75) is 31.4 Å². The van der Waals surface area contributed by atoms with Gasteiger partial charge < -0.3 is 15.2 Å². The van der Waals surface area contributed by atoms with Crippen molar-refractivity contribution in [2.24, 2.45) is 0 Å². The van der Waals surface area contributed by atoms with E-state index in [1.54, 1.807) is 29.6 Å². The van der Waals surface area contributed by atoms with Crippen LogP contribution in [-0.2, 0) is 22.6 Å². The number of carbonyl (C=O) groups is 2. The predicted molar refractivity (Wildman–Crippen MR) is 89.3 cm³/mol. The van der Waals surface area contributed by atoms with E-state index in [1.165, 1.54) is 11.3 Å². The molecule has 0 aliphatic heterocycles. The van der Waals surface area contributed by atoms with Crippen molar-refractivity contribution < 1.29 is 19.4 Å². The molecule has 1 fully saturated rings. The minimum absolute atomic E-state index is 0.0620. The van der Waals surface area contributed by atoms with Gasteiger partial charge >= 0.3 is 5.97 Å². The van der Waals surface area contributed by atoms with Crippen molar-refractivity contribution in [3.8, 4) is 5.75 Å². The molecule has 0 atom stereocenters. The lowest BCUT2D eigenvalue weighted by Gasteiger charge is -2.11. The molecule has 0 unspecified atom stereocenters. The van der Waals surface area contributed by atoms with Crippen LogP contribution >= 0.6 is 22.9 Å². The van der Waals surface area contributed by atoms with Crippen LogP contribution in [0.25, 0.3) is 0 Å². The lowest BCUT2D eigenvalue weighted by molar-refractivity contribution is -0.143. The molecular weight excluding hydrogens is 352 g/mol. The van der Waals surface area contributed by atoms with E-state index in [1.807, 2.05) is 0 Å². The maximum absolute atomic E-state index is 11.9. The number of ether oxygens (including phenoxy) is 1. The Bertz CT molecular complexity index is 756. The summed E-state index contributed by atoms with van der Waals surface area (Å²) >= 11 is 7.21. The highest BCUT2D eigenvalue weighted by atomic mass is 35.5. The lowest BCUT2D eigenvalue weighted by atomic mass is 10.2. The van der Waals surface area contributed by atoms with E-state index in [0.29, 0.717) is 35.9 Å². The van der Waals surface area contributed by atoms with Crippen LogP contribution in [-0.4, -0.2) is 27.5 Å². The van der Waals surface area contributed by atoms with Gasteiger partial charge in [0.05, 0.1) is 12.1 Å². The molecular formula is C16H15ClN2O4S. The van der Waals surface area contributed by atoms with Crippen molar-refractivity contribution in [3.05, 3.63) is 45.4 Å². The number of nitrogens with one attached hydrogen (secondary N) is 1. The number of carboxylic acids is 1. The summed E-state index contributed by atoms with van der Waals surface area (Å²) < 4.78 is 5.60. The Labute approximate surface area is 147 Å². The van der Waals surface area contributed by atoms with Gasteiger partial charge in [0.15, 0.2) is 0 Å². The summed E-state index contributed by atoms with van der Waals surface area (Å²) in [6.07, 6.45) is 1.02. The Morgan fingerprint density at radius 3 is 2.67 bits per heavy atom. The van der Waals surface area contributed by atoms with Crippen molar-refractivity contribution in [3.63, 3.8) is 0 Å². The smallest absolute Gasteiger partial charge is 0.329 e. The summed E-state index contributed by atoms with van der Waals surface area (Å²) in [7, 11) is 0. The summed E-state index contributed by atoms with van der Waals surface area (Å²) in [6, 6.07) is 7.02. The molecule has 2 N–H and O–H groups in total. The first kappa shape index (κ1) is 16.7. The summed E-state index contributed by atoms with van der Waals surface area (Å²) in [4.78, 5) is 27.3. The van der Waals surface area contributed by atoms with Crippen LogP contribution in [0.1, 0.15) is 23.5 Å². The van der Waals surface area contributed by atoms with Gasteiger partial charge in [0, 0.05) is 10.4 Å². The third-order valence-corrected chi connectivity index (χ3v) is 4.78. The number of aliphatic carboxylic acids is 1. The number of halogens is 1. The fourth-order valence-corrected chi connectivity index (χ4v) is 3.00. The molecule has 24 heavy (non-hydrogen) atoms. The minimum atomic E-state index is -1.06. The van der Waals surface area contributed by atoms with E-state index >= 15 is 0 Å². The first-order valence-corrected chi connectivity index (χ1v) is 8.59. The molecule has 1 aliphatic carbocycles. The third kappa shape index (κ3) is 4.04. The van der Waals surface area contributed by atoms with Crippen LogP contribution in [0.2, 0.25) is 5.02 Å². The Morgan fingerprint density at radius 1 is 1.33 bits per heavy atom. The topological polar surface area (TPSA) is 88.5 Å². The SMILES string of the molecule is O=C(Cc1csc(COc2ccc(Cl)cc2)n1)NC1(C(=O)O)CC1. The lowest BCUT2D eigenvalue weighted by Crippen LogP contribution is -2.43. The van der Waals surface area contributed by atoms with E-state index in [2.05, 4.69) is 10.3 Å². The van der Waals surface area contributed by atoms with Crippen LogP contribution in [0.15, 0.2) is 29.6 Å². The van der Waals surface area contributed by atoms with Crippen molar-refractivity contribution in [1.29, 1.82) is 0 Å². The number of aromatic nitrogens is 1. The molecule has 0 spiro atoms. The van der Waals surface area contributed by atoms with Crippen LogP contribution in [0.5, 0.6) is 5.75 Å². The minimum Gasteiger partial charge on any atom is -0.486 e. The zero-order valence-electron chi connectivity index (χ0n) is 12.6. The van der Waals surface area contributed by atoms with Gasteiger partial charge in [-0.05, 0) is 37.1 Å². The molecule has 3 rings (SSSR count). The zero-order valence-corrected chi connectivity index (χ0v) is 14.2. The maximum Gasteiger partial charge on any atom is 0.329 e. The average molecular weight is 367 g/mol. The van der Waals surface area contributed by atoms with E-state index in [-0.39, 0.29) is 12.3 Å². The second kappa shape index (κ2) is 6.78. The fourth-order valence-electron chi connectivity index (χ4n) is 2.17. The molecule has 1 aromatic carbocycles. The van der Waals surface area contributed by atoms with Crippen LogP contribution < -0.4 is 10.1 Å². The molecule has 0 radical (unpaired) electrons. The largest absolute Gasteiger partial charge is 0.486 e. The van der Waals surface area contributed by atoms with Gasteiger partial charge in [-0.3, -0.25) is 4.79 Å². The quantitative estimate of drug-likeness (QED) is 0.786. The van der Waals surface area contributed by atoms with E-state index < -0.39 is 11.5 Å². The van der Waals surface area contributed by atoms with Gasteiger partial charge in [-0.25, -0.2) is 9.78 Å². The number of benzene rings is 1. The average Bonchev–Trinajstić information content (AvgIpc) is 3.19. The molecule has 126 valence electrons. The molecule has 1 saturated carbocycles. The van der Waals surface area contributed by atoms with Gasteiger partial charge in [0.25, 0.3) is 0 Å². The van der Waals surface area contributed by atoms with Gasteiger partial charge in [-0.1, -0.05) is 11.6 Å². The standard InChI is InChI=1S/C16H15ClN2O4S/c17-10-1-3-12(4-2-10)23-8-14-18-11(9-24-14)7-13(20)19-16(5-6-16)15(21)22/h1-4,9H,5-8H2,(H,19,20)(H,21,22). The first-order valence-electron chi connectivity index (χ1n) is 7.33. The Balaban J connectivity index is 1.51. The highest BCUT2D eigenvalue weighted by Gasteiger charge is 2.51. The number of rotatable bonds is 7. The van der Waals surface area contributed by atoms with Gasteiger partial charge in [-0.2, -0.15) is 0 Å². The zero-order chi connectivity index (χ0) is 17.2. The monoisotopic (exact) mass is 366 g/mol. The number of amides is 1. The number of carboxylic acid groups (broad SMARTS) is 1. The van der Waals surface area contributed by atoms with Gasteiger partial charge in [0.2, 0.25) is 5.91 Å². The maximum atomic E-state index is 11.9. The number of hydrogen-bond acceptors (Lipinski definition) is 5. The molecule has 1 amide bonds. The normalized spacial score (nSPS) is 14.9. The number of hydrogen-bond donors (Lipinski definition) is 2. The molecule has 1 aliphatic rings. The number of thiazole rings is 1. The molecule has 0 bridgehead atoms. The summed E-state index contributed by atoms with van der Waals surface area (Å²) in [5, 5.41) is 14.8. The molecule has 0 saturated heterocycles. The summed E-state index contributed by atoms with van der Waals surface area (Å²) in [5.74, 6) is -0.623. The Kier molecular flexibility index (Phi) is 4.73. The van der Waals surface area contributed by atoms with Crippen LogP contribution in [0, 0.1) is 0 Å². The van der Waals surface area contributed by atoms with Crippen molar-refractivity contribution >= 4 is 34.8 Å². The van der Waals surface area contributed by atoms with E-state index in [9.17, 15) is 9.59 Å². The Morgan fingerprint density at radius 2 is 2.04 bits per heavy atom. The van der Waals surface area contributed by atoms with Crippen LogP contribution in [0.4, 0.5) is 0 Å². The van der Waals surface area contributed by atoms with Crippen molar-refractivity contribution in [2.75, 3.05) is 0 Å². The molecule has 2 aromatic rings. The van der Waals surface area contributed by atoms with Crippen molar-refractivity contribution in [1.82, 2.24) is 10.3 Å². The highest BCUT2D eigenvalue weighted by molar-refractivity contribution is 7.09. The van der Waals surface area contributed by atoms with E-state index in [0.717, 1.165) is 5.01 Å². The first-order chi connectivity index (χ1) is 11.5. The summed E-state index contributed by atoms with van der Waals surface area (Å²) in [6.45, 7) is 0.299. The number of nitrogens with zero attached hydrogens (tertiary/aromatic N) is 1. The summed E-state index contributed by atoms with van der Waals surface area (Å²) in [5.41, 5.74) is -0.457. The second-order valence-electron chi connectivity index (χ2n) is 5.59. The molecule has 1 heterocycles. The second-order valence-corrected chi connectivity index (χ2v) is 6.97. The predicted octanol–water partition coefficient (Wildman–Crippen LogP) is 2.65. The van der Waals surface area contributed by atoms with Gasteiger partial charge in [0.1, 0.15) is 22.9 Å². The van der Waals surface area contributed by atoms with E-state index in [4.69, 9.17) is 21.4 Å². The highest BCUT2D eigenvalue weighted by Crippen LogP contribution is 2.35. The van der Waals surface area contributed by atoms with Gasteiger partial charge in [-0.15, -0.1) is 11.3 Å². The Hall–Kier alpha value is -2.12. The number of carbonyl (C=O) groups excluding carboxylic acids is 1. The molecule has 6 nitrogen and oxygen atoms in total. The third-order valence-electron chi connectivity index (χ3n) is 3.66. The molecule has 1 aromatic heterocycles. The van der Waals surface area contributed by atoms with Crippen LogP contribution in [0.3, 0.4) is 0 Å². The molecule has 8 heteroatoms. The fraction of sp³-hybridized carbons (Fsp3) is 0.312.